The number of aromatic amines is 1. The zero-order valence-electron chi connectivity index (χ0n) is 12.3. The molecule has 2 N–H and O–H groups in total. The molecule has 2 heterocycles. The Hall–Kier alpha value is -3.11. The van der Waals surface area contributed by atoms with E-state index in [0.29, 0.717) is 11.0 Å². The Labute approximate surface area is 131 Å². The van der Waals surface area contributed by atoms with E-state index >= 15 is 0 Å². The van der Waals surface area contributed by atoms with Crippen LogP contribution in [0.2, 0.25) is 0 Å². The molecule has 3 aromatic rings. The predicted octanol–water partition coefficient (Wildman–Crippen LogP) is 1.12. The molecule has 0 saturated carbocycles. The van der Waals surface area contributed by atoms with Crippen LogP contribution in [0.15, 0.2) is 29.1 Å². The number of rotatable bonds is 3. The van der Waals surface area contributed by atoms with E-state index in [0.717, 1.165) is 0 Å². The predicted molar refractivity (Wildman–Crippen MR) is 77.2 cm³/mol. The van der Waals surface area contributed by atoms with Gasteiger partial charge in [0.15, 0.2) is 0 Å². The molecule has 0 aliphatic heterocycles. The van der Waals surface area contributed by atoms with Crippen molar-refractivity contribution in [2.45, 2.75) is 12.7 Å². The molecule has 3 rings (SSSR count). The molecule has 0 atom stereocenters. The molecule has 0 aliphatic carbocycles. The Morgan fingerprint density at radius 3 is 2.58 bits per heavy atom. The third kappa shape index (κ3) is 2.75. The summed E-state index contributed by atoms with van der Waals surface area (Å²) in [5.74, 6) is -2.55. The van der Waals surface area contributed by atoms with Gasteiger partial charge in [-0.1, -0.05) is 12.1 Å². The van der Waals surface area contributed by atoms with Crippen molar-refractivity contribution in [3.63, 3.8) is 0 Å². The van der Waals surface area contributed by atoms with Crippen LogP contribution in [0.5, 0.6) is 0 Å². The first-order valence-electron chi connectivity index (χ1n) is 6.71. The number of hydrogen-bond acceptors (Lipinski definition) is 4. The lowest BCUT2D eigenvalue weighted by Crippen LogP contribution is -2.28. The summed E-state index contributed by atoms with van der Waals surface area (Å²) in [5.41, 5.74) is 0.746. The van der Waals surface area contributed by atoms with Crippen LogP contribution in [0.4, 0.5) is 19.1 Å². The van der Waals surface area contributed by atoms with Crippen molar-refractivity contribution in [2.75, 3.05) is 5.32 Å². The highest BCUT2D eigenvalue weighted by Gasteiger charge is 2.35. The number of carbonyl (C=O) groups is 1. The SMILES string of the molecule is Cn1c(=O)n(CC(=O)Nc2n[nH]c(C(F)(F)F)n2)c2ccccc21. The number of para-hydroxylation sites is 2. The van der Waals surface area contributed by atoms with Crippen molar-refractivity contribution >= 4 is 22.9 Å². The fourth-order valence-electron chi connectivity index (χ4n) is 2.27. The monoisotopic (exact) mass is 340 g/mol. The van der Waals surface area contributed by atoms with Gasteiger partial charge in [0.25, 0.3) is 0 Å². The van der Waals surface area contributed by atoms with Crippen LogP contribution in [0.1, 0.15) is 5.82 Å². The highest BCUT2D eigenvalue weighted by molar-refractivity contribution is 5.90. The number of anilines is 1. The number of halogens is 3. The molecule has 0 spiro atoms. The fourth-order valence-corrected chi connectivity index (χ4v) is 2.27. The zero-order valence-corrected chi connectivity index (χ0v) is 12.3. The van der Waals surface area contributed by atoms with Crippen LogP contribution in [0.25, 0.3) is 11.0 Å². The van der Waals surface area contributed by atoms with Crippen molar-refractivity contribution in [3.05, 3.63) is 40.6 Å². The number of hydrogen-bond donors (Lipinski definition) is 2. The maximum Gasteiger partial charge on any atom is 0.451 e. The second kappa shape index (κ2) is 5.51. The van der Waals surface area contributed by atoms with Crippen LogP contribution in [-0.2, 0) is 24.6 Å². The van der Waals surface area contributed by atoms with E-state index in [4.69, 9.17) is 0 Å². The molecule has 24 heavy (non-hydrogen) atoms. The third-order valence-corrected chi connectivity index (χ3v) is 3.36. The van der Waals surface area contributed by atoms with Gasteiger partial charge < -0.3 is 0 Å². The maximum atomic E-state index is 12.4. The quantitative estimate of drug-likeness (QED) is 0.746. The summed E-state index contributed by atoms with van der Waals surface area (Å²) in [6.07, 6.45) is -4.69. The number of carbonyl (C=O) groups excluding carboxylic acids is 1. The Bertz CT molecular complexity index is 968. The van der Waals surface area contributed by atoms with Gasteiger partial charge in [-0.2, -0.15) is 18.2 Å². The van der Waals surface area contributed by atoms with E-state index in [2.05, 4.69) is 15.4 Å². The number of benzene rings is 1. The van der Waals surface area contributed by atoms with Crippen LogP contribution >= 0.6 is 0 Å². The molecule has 0 fully saturated rings. The number of amides is 1. The minimum atomic E-state index is -4.69. The molecule has 8 nitrogen and oxygen atoms in total. The summed E-state index contributed by atoms with van der Waals surface area (Å²) in [6.45, 7) is -0.379. The van der Waals surface area contributed by atoms with Crippen molar-refractivity contribution in [1.82, 2.24) is 24.3 Å². The molecule has 11 heteroatoms. The van der Waals surface area contributed by atoms with E-state index < -0.39 is 29.5 Å². The number of fused-ring (bicyclic) bond motifs is 1. The Morgan fingerprint density at radius 1 is 1.29 bits per heavy atom. The standard InChI is InChI=1S/C13H11F3N6O2/c1-21-7-4-2-3-5-8(7)22(12(21)24)6-9(23)17-11-18-10(19-20-11)13(14,15)16/h2-5H,6H2,1H3,(H2,17,18,19,20,23). The number of aromatic nitrogens is 5. The summed E-state index contributed by atoms with van der Waals surface area (Å²) in [6, 6.07) is 6.84. The minimum absolute atomic E-state index is 0.379. The molecule has 1 aromatic carbocycles. The molecule has 1 amide bonds. The highest BCUT2D eigenvalue weighted by Crippen LogP contribution is 2.26. The summed E-state index contributed by atoms with van der Waals surface area (Å²) >= 11 is 0. The number of imidazole rings is 1. The molecule has 126 valence electrons. The lowest BCUT2D eigenvalue weighted by molar-refractivity contribution is -0.144. The minimum Gasteiger partial charge on any atom is -0.295 e. The zero-order chi connectivity index (χ0) is 17.5. The Morgan fingerprint density at radius 2 is 1.96 bits per heavy atom. The van der Waals surface area contributed by atoms with Crippen LogP contribution in [0, 0.1) is 0 Å². The molecule has 0 unspecified atom stereocenters. The number of alkyl halides is 3. The van der Waals surface area contributed by atoms with Gasteiger partial charge in [-0.15, -0.1) is 5.10 Å². The average Bonchev–Trinajstić information content (AvgIpc) is 3.07. The van der Waals surface area contributed by atoms with E-state index in [1.54, 1.807) is 36.4 Å². The van der Waals surface area contributed by atoms with Crippen molar-refractivity contribution in [2.24, 2.45) is 7.05 Å². The first kappa shape index (κ1) is 15.8. The van der Waals surface area contributed by atoms with Crippen molar-refractivity contribution < 1.29 is 18.0 Å². The molecule has 0 saturated heterocycles. The summed E-state index contributed by atoms with van der Waals surface area (Å²) in [5, 5.41) is 7.08. The van der Waals surface area contributed by atoms with Crippen molar-refractivity contribution in [1.29, 1.82) is 0 Å². The number of aryl methyl sites for hydroxylation is 1. The van der Waals surface area contributed by atoms with E-state index in [-0.39, 0.29) is 6.54 Å². The number of nitrogens with zero attached hydrogens (tertiary/aromatic N) is 4. The highest BCUT2D eigenvalue weighted by atomic mass is 19.4. The second-order valence-corrected chi connectivity index (χ2v) is 4.97. The maximum absolute atomic E-state index is 12.4. The lowest BCUT2D eigenvalue weighted by Gasteiger charge is -2.03. The third-order valence-electron chi connectivity index (χ3n) is 3.36. The Kier molecular flexibility index (Phi) is 3.62. The van der Waals surface area contributed by atoms with Crippen molar-refractivity contribution in [3.8, 4) is 0 Å². The van der Waals surface area contributed by atoms with Gasteiger partial charge in [0.2, 0.25) is 17.7 Å². The van der Waals surface area contributed by atoms with Crippen LogP contribution < -0.4 is 11.0 Å². The normalized spacial score (nSPS) is 11.8. The van der Waals surface area contributed by atoms with Gasteiger partial charge in [0, 0.05) is 7.05 Å². The fraction of sp³-hybridized carbons (Fsp3) is 0.231. The van der Waals surface area contributed by atoms with Gasteiger partial charge >= 0.3 is 11.9 Å². The van der Waals surface area contributed by atoms with E-state index in [1.165, 1.54) is 9.13 Å². The average molecular weight is 340 g/mol. The van der Waals surface area contributed by atoms with Crippen LogP contribution in [-0.4, -0.2) is 30.2 Å². The van der Waals surface area contributed by atoms with Gasteiger partial charge in [0.05, 0.1) is 11.0 Å². The summed E-state index contributed by atoms with van der Waals surface area (Å²) in [4.78, 5) is 27.3. The molecule has 2 aromatic heterocycles. The van der Waals surface area contributed by atoms with E-state index in [9.17, 15) is 22.8 Å². The first-order valence-corrected chi connectivity index (χ1v) is 6.71. The van der Waals surface area contributed by atoms with Gasteiger partial charge in [-0.05, 0) is 12.1 Å². The summed E-state index contributed by atoms with van der Waals surface area (Å²) < 4.78 is 39.8. The smallest absolute Gasteiger partial charge is 0.295 e. The van der Waals surface area contributed by atoms with Gasteiger partial charge in [0.1, 0.15) is 6.54 Å². The molecular weight excluding hydrogens is 329 g/mol. The largest absolute Gasteiger partial charge is 0.451 e. The van der Waals surface area contributed by atoms with Crippen LogP contribution in [0.3, 0.4) is 0 Å². The van der Waals surface area contributed by atoms with Gasteiger partial charge in [-0.25, -0.2) is 4.79 Å². The molecular formula is C13H11F3N6O2. The number of H-pyrrole nitrogens is 1. The van der Waals surface area contributed by atoms with Gasteiger partial charge in [-0.3, -0.25) is 24.3 Å². The number of nitrogens with one attached hydrogen (secondary N) is 2. The topological polar surface area (TPSA) is 97.6 Å². The molecule has 0 radical (unpaired) electrons. The second-order valence-electron chi connectivity index (χ2n) is 4.97. The van der Waals surface area contributed by atoms with E-state index in [1.807, 2.05) is 0 Å². The molecule has 0 aliphatic rings. The lowest BCUT2D eigenvalue weighted by atomic mass is 10.3. The summed E-state index contributed by atoms with van der Waals surface area (Å²) in [7, 11) is 1.56. The first-order chi connectivity index (χ1) is 11.3. The Balaban J connectivity index is 1.82. The molecule has 0 bridgehead atoms.